The van der Waals surface area contributed by atoms with E-state index >= 15 is 0 Å². The van der Waals surface area contributed by atoms with Gasteiger partial charge in [-0.3, -0.25) is 9.69 Å². The summed E-state index contributed by atoms with van der Waals surface area (Å²) in [6.07, 6.45) is 2.06. The van der Waals surface area contributed by atoms with E-state index in [-0.39, 0.29) is 21.8 Å². The van der Waals surface area contributed by atoms with E-state index in [9.17, 15) is 14.7 Å². The number of thioether (sulfide) groups is 2. The van der Waals surface area contributed by atoms with Gasteiger partial charge in [0.25, 0.3) is 5.91 Å². The molecule has 1 fully saturated rings. The molecule has 3 rings (SSSR count). The van der Waals surface area contributed by atoms with Gasteiger partial charge in [0.2, 0.25) is 5.17 Å². The van der Waals surface area contributed by atoms with Crippen LogP contribution in [0.15, 0.2) is 27.5 Å². The third kappa shape index (κ3) is 3.78. The molecule has 0 aromatic rings. The van der Waals surface area contributed by atoms with Gasteiger partial charge in [0.15, 0.2) is 12.6 Å². The van der Waals surface area contributed by atoms with Gasteiger partial charge in [-0.1, -0.05) is 29.3 Å². The lowest BCUT2D eigenvalue weighted by atomic mass is 10.1. The predicted octanol–water partition coefficient (Wildman–Crippen LogP) is -0.323. The Kier molecular flexibility index (Phi) is 6.59. The fourth-order valence-corrected chi connectivity index (χ4v) is 5.65. The van der Waals surface area contributed by atoms with Crippen molar-refractivity contribution in [2.75, 3.05) is 32.2 Å². The van der Waals surface area contributed by atoms with Gasteiger partial charge in [0.05, 0.1) is 18.7 Å². The number of methoxy groups -OCH3 is 1. The Morgan fingerprint density at radius 3 is 2.97 bits per heavy atom. The zero-order chi connectivity index (χ0) is 21.2. The number of hydrogen-bond donors (Lipinski definition) is 1. The summed E-state index contributed by atoms with van der Waals surface area (Å²) in [6, 6.07) is 0. The van der Waals surface area contributed by atoms with Crippen LogP contribution in [0.5, 0.6) is 0 Å². The molecule has 10 nitrogen and oxygen atoms in total. The van der Waals surface area contributed by atoms with E-state index in [0.717, 1.165) is 6.42 Å². The minimum atomic E-state index is -1.35. The van der Waals surface area contributed by atoms with Crippen molar-refractivity contribution < 1.29 is 24.2 Å². The van der Waals surface area contributed by atoms with Crippen LogP contribution in [0.3, 0.4) is 0 Å². The second-order valence-electron chi connectivity index (χ2n) is 6.50. The largest absolute Gasteiger partial charge is 0.543 e. The predicted molar refractivity (Wildman–Crippen MR) is 110 cm³/mol. The molecule has 3 aliphatic rings. The Morgan fingerprint density at radius 1 is 1.59 bits per heavy atom. The SMILES string of the molecule is CCC=C=N[N+]1(CC)NN=C(SCC2=C(C(=O)[O-])N3C(=O)[C@@H](OC)[C@@H]3SC2)N1C. The molecule has 12 heteroatoms. The third-order valence-corrected chi connectivity index (χ3v) is 7.28. The minimum absolute atomic E-state index is 0.0438. The van der Waals surface area contributed by atoms with Crippen molar-refractivity contribution in [2.45, 2.75) is 31.7 Å². The molecule has 0 aromatic heterocycles. The van der Waals surface area contributed by atoms with Gasteiger partial charge in [0, 0.05) is 34.4 Å². The van der Waals surface area contributed by atoms with E-state index in [1.165, 1.54) is 35.5 Å². The summed E-state index contributed by atoms with van der Waals surface area (Å²) in [5.74, 6) is 2.07. The molecule has 0 spiro atoms. The van der Waals surface area contributed by atoms with Crippen LogP contribution < -0.4 is 10.6 Å². The number of ether oxygens (including phenoxy) is 1. The van der Waals surface area contributed by atoms with Crippen molar-refractivity contribution in [2.24, 2.45) is 10.2 Å². The second-order valence-corrected chi connectivity index (χ2v) is 8.55. The summed E-state index contributed by atoms with van der Waals surface area (Å²) in [4.78, 5) is 25.3. The van der Waals surface area contributed by atoms with Gasteiger partial charge in [-0.2, -0.15) is 0 Å². The number of carbonyl (C=O) groups is 2. The molecule has 1 saturated heterocycles. The number of rotatable bonds is 7. The van der Waals surface area contributed by atoms with Gasteiger partial charge in [0.1, 0.15) is 5.37 Å². The molecule has 3 aliphatic heterocycles. The normalized spacial score (nSPS) is 28.3. The zero-order valence-corrected chi connectivity index (χ0v) is 18.4. The summed E-state index contributed by atoms with van der Waals surface area (Å²) in [5.41, 5.74) is 3.58. The van der Waals surface area contributed by atoms with E-state index in [0.29, 0.717) is 28.8 Å². The highest BCUT2D eigenvalue weighted by Crippen LogP contribution is 2.42. The smallest absolute Gasteiger partial charge is 0.260 e. The van der Waals surface area contributed by atoms with Crippen LogP contribution >= 0.6 is 23.5 Å². The third-order valence-electron chi connectivity index (χ3n) is 4.86. The molecular weight excluding hydrogens is 416 g/mol. The van der Waals surface area contributed by atoms with Gasteiger partial charge < -0.3 is 14.6 Å². The number of amidine groups is 1. The first-order valence-electron chi connectivity index (χ1n) is 9.20. The van der Waals surface area contributed by atoms with Gasteiger partial charge in [-0.25, -0.2) is 0 Å². The van der Waals surface area contributed by atoms with Crippen LogP contribution in [-0.2, 0) is 14.3 Å². The maximum absolute atomic E-state index is 12.2. The molecule has 0 saturated carbocycles. The van der Waals surface area contributed by atoms with E-state index in [1.807, 2.05) is 32.0 Å². The Hall–Kier alpha value is -1.98. The van der Waals surface area contributed by atoms with Gasteiger partial charge >= 0.3 is 0 Å². The lowest BCUT2D eigenvalue weighted by molar-refractivity contribution is -1.05. The highest BCUT2D eigenvalue weighted by Gasteiger charge is 2.52. The van der Waals surface area contributed by atoms with Crippen molar-refractivity contribution in [1.29, 1.82) is 0 Å². The average molecular weight is 441 g/mol. The number of aliphatic carboxylic acids is 1. The fraction of sp³-hybridized carbons (Fsp3) is 0.588. The van der Waals surface area contributed by atoms with Crippen molar-refractivity contribution in [1.82, 2.24) is 15.4 Å². The average Bonchev–Trinajstić information content (AvgIpc) is 3.02. The molecule has 29 heavy (non-hydrogen) atoms. The van der Waals surface area contributed by atoms with Crippen molar-refractivity contribution in [3.05, 3.63) is 17.3 Å². The summed E-state index contributed by atoms with van der Waals surface area (Å²) in [6.45, 7) is 4.59. The quantitative estimate of drug-likeness (QED) is 0.326. The maximum atomic E-state index is 12.2. The number of fused-ring (bicyclic) bond motifs is 1. The number of carbonyl (C=O) groups excluding carboxylic acids is 2. The molecule has 0 aromatic carbocycles. The number of allylic oxidation sites excluding steroid dienone is 1. The molecule has 0 radical (unpaired) electrons. The Bertz CT molecular complexity index is 825. The van der Waals surface area contributed by atoms with Crippen molar-refractivity contribution in [3.63, 3.8) is 0 Å². The van der Waals surface area contributed by atoms with Gasteiger partial charge in [-0.15, -0.1) is 16.8 Å². The van der Waals surface area contributed by atoms with E-state index in [2.05, 4.69) is 21.6 Å². The van der Waals surface area contributed by atoms with Crippen LogP contribution in [0.1, 0.15) is 20.3 Å². The summed E-state index contributed by atoms with van der Waals surface area (Å²) < 4.78 is 5.15. The molecule has 1 amide bonds. The second kappa shape index (κ2) is 8.80. The van der Waals surface area contributed by atoms with Crippen LogP contribution in [0.4, 0.5) is 0 Å². The number of hydrogen-bond acceptors (Lipinski definition) is 10. The molecule has 1 unspecified atom stereocenters. The minimum Gasteiger partial charge on any atom is -0.543 e. The van der Waals surface area contributed by atoms with Crippen molar-refractivity contribution in [3.8, 4) is 0 Å². The molecular formula is C17H24N6O4S2. The van der Waals surface area contributed by atoms with Crippen molar-refractivity contribution >= 4 is 46.4 Å². The Balaban J connectivity index is 1.74. The van der Waals surface area contributed by atoms with Crippen LogP contribution in [0, 0.1) is 0 Å². The summed E-state index contributed by atoms with van der Waals surface area (Å²) in [7, 11) is 3.31. The number of quaternary nitrogens is 1. The number of β-lactam (4-membered cyclic amide) rings is 1. The Labute approximate surface area is 177 Å². The number of nitrogens with zero attached hydrogens (tertiary/aromatic N) is 5. The molecule has 158 valence electrons. The molecule has 0 aliphatic carbocycles. The lowest BCUT2D eigenvalue weighted by Crippen LogP contribution is -2.66. The number of carboxylic acids is 1. The first-order chi connectivity index (χ1) is 13.9. The highest BCUT2D eigenvalue weighted by molar-refractivity contribution is 8.14. The monoisotopic (exact) mass is 440 g/mol. The summed E-state index contributed by atoms with van der Waals surface area (Å²) in [5, 5.41) is 22.7. The van der Waals surface area contributed by atoms with Crippen LogP contribution in [0.2, 0.25) is 0 Å². The highest BCUT2D eigenvalue weighted by atomic mass is 32.2. The van der Waals surface area contributed by atoms with E-state index in [4.69, 9.17) is 4.74 Å². The van der Waals surface area contributed by atoms with Crippen LogP contribution in [-0.4, -0.2) is 81.3 Å². The standard InChI is InChI=1S/C17H24N6O4S2/c1-5-7-8-18-23(6-2)20-19-17(21(23)3)29-10-11-9-28-15-13(27-4)14(24)22(15)12(11)16(25)26/h7,13,15,20H,5-6,9-10H2,1-4H3/t13-,15+,23?/m1/s1. The lowest BCUT2D eigenvalue weighted by Gasteiger charge is -2.50. The molecule has 0 bridgehead atoms. The number of carboxylic acid groups (broad SMARTS) is 1. The number of amides is 1. The van der Waals surface area contributed by atoms with E-state index < -0.39 is 12.1 Å². The van der Waals surface area contributed by atoms with Gasteiger partial charge in [-0.05, 0) is 25.0 Å². The molecule has 3 heterocycles. The topological polar surface area (TPSA) is 110 Å². The maximum Gasteiger partial charge on any atom is 0.260 e. The molecule has 1 N–H and O–H groups in total. The summed E-state index contributed by atoms with van der Waals surface area (Å²) >= 11 is 2.87. The Morgan fingerprint density at radius 2 is 2.34 bits per heavy atom. The number of nitrogens with one attached hydrogen (secondary N) is 1. The fourth-order valence-electron chi connectivity index (χ4n) is 3.18. The van der Waals surface area contributed by atoms with E-state index in [1.54, 1.807) is 0 Å². The molecule has 3 atom stereocenters. The van der Waals surface area contributed by atoms with Crippen LogP contribution in [0.25, 0.3) is 0 Å². The zero-order valence-electron chi connectivity index (χ0n) is 16.7. The first kappa shape index (κ1) is 21.7. The first-order valence-corrected chi connectivity index (χ1v) is 11.2. The number of hydrazone groups is 1.